The molecule has 0 radical (unpaired) electrons. The molecule has 7 nitrogen and oxygen atoms in total. The molecular weight excluding hydrogens is 436 g/mol. The van der Waals surface area contributed by atoms with Crippen LogP contribution in [0.15, 0.2) is 46.2 Å². The van der Waals surface area contributed by atoms with Gasteiger partial charge in [-0.15, -0.1) is 11.3 Å². The van der Waals surface area contributed by atoms with Crippen molar-refractivity contribution in [3.63, 3.8) is 0 Å². The lowest BCUT2D eigenvalue weighted by molar-refractivity contribution is -0.130. The molecule has 1 aromatic carbocycles. The molecule has 1 aliphatic heterocycles. The second-order valence-corrected chi connectivity index (χ2v) is 8.72. The molecule has 2 aromatic heterocycles. The second kappa shape index (κ2) is 9.53. The molecule has 3 amide bonds. The number of halogens is 1. The van der Waals surface area contributed by atoms with Crippen LogP contribution in [0.2, 0.25) is 5.02 Å². The van der Waals surface area contributed by atoms with Crippen molar-refractivity contribution in [3.05, 3.63) is 58.3 Å². The molecule has 3 heterocycles. The van der Waals surface area contributed by atoms with Gasteiger partial charge in [-0.1, -0.05) is 17.7 Å². The van der Waals surface area contributed by atoms with Gasteiger partial charge in [0.25, 0.3) is 0 Å². The van der Waals surface area contributed by atoms with Gasteiger partial charge in [0.05, 0.1) is 17.0 Å². The average Bonchev–Trinajstić information content (AvgIpc) is 3.33. The van der Waals surface area contributed by atoms with E-state index in [0.29, 0.717) is 54.2 Å². The van der Waals surface area contributed by atoms with E-state index in [9.17, 15) is 9.59 Å². The Balaban J connectivity index is 1.33. The number of benzene rings is 1. The van der Waals surface area contributed by atoms with Crippen molar-refractivity contribution in [1.82, 2.24) is 14.8 Å². The van der Waals surface area contributed by atoms with Gasteiger partial charge < -0.3 is 19.5 Å². The van der Waals surface area contributed by atoms with Crippen LogP contribution in [-0.4, -0.2) is 52.9 Å². The van der Waals surface area contributed by atoms with Crippen LogP contribution < -0.4 is 5.32 Å². The number of carbonyl (C=O) groups excluding carboxylic acids is 2. The molecule has 0 bridgehead atoms. The summed E-state index contributed by atoms with van der Waals surface area (Å²) >= 11 is 7.44. The molecule has 1 N–H and O–H groups in total. The number of hydrogen-bond acceptors (Lipinski definition) is 5. The first-order chi connectivity index (χ1) is 15.0. The van der Waals surface area contributed by atoms with E-state index in [1.54, 1.807) is 45.4 Å². The van der Waals surface area contributed by atoms with Crippen LogP contribution >= 0.6 is 22.9 Å². The first-order valence-electron chi connectivity index (χ1n) is 10.1. The van der Waals surface area contributed by atoms with Gasteiger partial charge in [-0.25, -0.2) is 9.78 Å². The number of rotatable bonds is 4. The molecular formula is C22H23ClN4O3S. The number of nitrogens with zero attached hydrogens (tertiary/aromatic N) is 3. The van der Waals surface area contributed by atoms with Crippen LogP contribution in [0.3, 0.4) is 0 Å². The highest BCUT2D eigenvalue weighted by molar-refractivity contribution is 7.13. The normalized spacial score (nSPS) is 14.4. The number of aryl methyl sites for hydroxylation is 1. The van der Waals surface area contributed by atoms with E-state index in [0.717, 1.165) is 11.3 Å². The van der Waals surface area contributed by atoms with Crippen molar-refractivity contribution >= 4 is 40.6 Å². The zero-order valence-electron chi connectivity index (χ0n) is 17.1. The molecule has 3 aromatic rings. The number of hydrogen-bond donors (Lipinski definition) is 1. The smallest absolute Gasteiger partial charge is 0.321 e. The van der Waals surface area contributed by atoms with Crippen molar-refractivity contribution in [1.29, 1.82) is 0 Å². The molecule has 9 heteroatoms. The summed E-state index contributed by atoms with van der Waals surface area (Å²) in [5.41, 5.74) is 1.35. The third-order valence-electron chi connectivity index (χ3n) is 5.17. The number of amides is 3. The molecule has 31 heavy (non-hydrogen) atoms. The quantitative estimate of drug-likeness (QED) is 0.616. The Morgan fingerprint density at radius 3 is 2.61 bits per heavy atom. The largest absolute Gasteiger partial charge is 0.440 e. The summed E-state index contributed by atoms with van der Waals surface area (Å²) in [5, 5.41) is 5.46. The van der Waals surface area contributed by atoms with E-state index in [4.69, 9.17) is 16.0 Å². The second-order valence-electron chi connectivity index (χ2n) is 7.33. The SMILES string of the molecule is Cc1oc(-c2cccs2)nc1CC(=O)N1CCCN(C(=O)Nc2ccc(Cl)cc2)CC1. The van der Waals surface area contributed by atoms with Crippen molar-refractivity contribution in [2.75, 3.05) is 31.5 Å². The van der Waals surface area contributed by atoms with Crippen LogP contribution in [0, 0.1) is 6.92 Å². The molecule has 4 rings (SSSR count). The maximum absolute atomic E-state index is 12.9. The molecule has 0 atom stereocenters. The summed E-state index contributed by atoms with van der Waals surface area (Å²) in [4.78, 5) is 34.5. The highest BCUT2D eigenvalue weighted by atomic mass is 35.5. The Bertz CT molecular complexity index is 1050. The number of nitrogens with one attached hydrogen (secondary N) is 1. The monoisotopic (exact) mass is 458 g/mol. The highest BCUT2D eigenvalue weighted by Crippen LogP contribution is 2.26. The van der Waals surface area contributed by atoms with Crippen LogP contribution in [0.25, 0.3) is 10.8 Å². The number of aromatic nitrogens is 1. The number of urea groups is 1. The topological polar surface area (TPSA) is 78.7 Å². The summed E-state index contributed by atoms with van der Waals surface area (Å²) in [6.07, 6.45) is 0.912. The number of anilines is 1. The van der Waals surface area contributed by atoms with E-state index in [2.05, 4.69) is 10.3 Å². The minimum absolute atomic E-state index is 0.00547. The van der Waals surface area contributed by atoms with E-state index in [1.807, 2.05) is 24.4 Å². The van der Waals surface area contributed by atoms with Crippen LogP contribution in [0.4, 0.5) is 10.5 Å². The van der Waals surface area contributed by atoms with Crippen molar-refractivity contribution in [2.45, 2.75) is 19.8 Å². The fourth-order valence-corrected chi connectivity index (χ4v) is 4.23. The maximum Gasteiger partial charge on any atom is 0.321 e. The van der Waals surface area contributed by atoms with E-state index < -0.39 is 0 Å². The van der Waals surface area contributed by atoms with E-state index in [1.165, 1.54) is 0 Å². The van der Waals surface area contributed by atoms with Gasteiger partial charge in [-0.2, -0.15) is 0 Å². The first-order valence-corrected chi connectivity index (χ1v) is 11.3. The summed E-state index contributed by atoms with van der Waals surface area (Å²) in [6.45, 7) is 4.00. The third-order valence-corrected chi connectivity index (χ3v) is 6.28. The van der Waals surface area contributed by atoms with Gasteiger partial charge in [0.15, 0.2) is 0 Å². The van der Waals surface area contributed by atoms with Gasteiger partial charge in [-0.05, 0) is 49.1 Å². The predicted octanol–water partition coefficient (Wildman–Crippen LogP) is 4.67. The Labute approximate surface area is 189 Å². The molecule has 0 spiro atoms. The molecule has 0 aliphatic carbocycles. The van der Waals surface area contributed by atoms with Crippen molar-refractivity contribution in [2.24, 2.45) is 0 Å². The lowest BCUT2D eigenvalue weighted by Gasteiger charge is -2.22. The molecule has 0 saturated carbocycles. The van der Waals surface area contributed by atoms with Crippen LogP contribution in [0.1, 0.15) is 17.9 Å². The minimum Gasteiger partial charge on any atom is -0.440 e. The Kier molecular flexibility index (Phi) is 6.58. The summed E-state index contributed by atoms with van der Waals surface area (Å²) < 4.78 is 5.74. The number of oxazole rings is 1. The zero-order chi connectivity index (χ0) is 21.8. The molecule has 1 saturated heterocycles. The van der Waals surface area contributed by atoms with E-state index >= 15 is 0 Å². The van der Waals surface area contributed by atoms with Crippen LogP contribution in [0.5, 0.6) is 0 Å². The van der Waals surface area contributed by atoms with Gasteiger partial charge in [0.1, 0.15) is 5.76 Å². The van der Waals surface area contributed by atoms with E-state index in [-0.39, 0.29) is 18.4 Å². The Hall–Kier alpha value is -2.84. The van der Waals surface area contributed by atoms with Crippen molar-refractivity contribution < 1.29 is 14.0 Å². The third kappa shape index (κ3) is 5.26. The first kappa shape index (κ1) is 21.4. The molecule has 0 unspecified atom stereocenters. The standard InChI is InChI=1S/C22H23ClN4O3S/c1-15-18(25-21(30-15)19-4-2-13-31-19)14-20(28)26-9-3-10-27(12-11-26)22(29)24-17-7-5-16(23)6-8-17/h2,4-8,13H,3,9-12,14H2,1H3,(H,24,29). The fourth-order valence-electron chi connectivity index (χ4n) is 3.46. The minimum atomic E-state index is -0.176. The lowest BCUT2D eigenvalue weighted by Crippen LogP contribution is -2.39. The zero-order valence-corrected chi connectivity index (χ0v) is 18.7. The average molecular weight is 459 g/mol. The Morgan fingerprint density at radius 2 is 1.87 bits per heavy atom. The molecule has 1 aliphatic rings. The fraction of sp³-hybridized carbons (Fsp3) is 0.318. The lowest BCUT2D eigenvalue weighted by atomic mass is 10.2. The highest BCUT2D eigenvalue weighted by Gasteiger charge is 2.24. The molecule has 162 valence electrons. The summed E-state index contributed by atoms with van der Waals surface area (Å²) in [5.74, 6) is 1.21. The summed E-state index contributed by atoms with van der Waals surface area (Å²) in [7, 11) is 0. The summed E-state index contributed by atoms with van der Waals surface area (Å²) in [6, 6.07) is 10.7. The van der Waals surface area contributed by atoms with Gasteiger partial charge in [0.2, 0.25) is 11.8 Å². The van der Waals surface area contributed by atoms with Gasteiger partial charge >= 0.3 is 6.03 Å². The van der Waals surface area contributed by atoms with Crippen LogP contribution in [-0.2, 0) is 11.2 Å². The van der Waals surface area contributed by atoms with Crippen molar-refractivity contribution in [3.8, 4) is 10.8 Å². The maximum atomic E-state index is 12.9. The van der Waals surface area contributed by atoms with Gasteiger partial charge in [0, 0.05) is 36.9 Å². The number of thiophene rings is 1. The van der Waals surface area contributed by atoms with Gasteiger partial charge in [-0.3, -0.25) is 4.79 Å². The predicted molar refractivity (Wildman–Crippen MR) is 121 cm³/mol. The Morgan fingerprint density at radius 1 is 1.13 bits per heavy atom. The molecule has 1 fully saturated rings. The number of carbonyl (C=O) groups is 2.